The summed E-state index contributed by atoms with van der Waals surface area (Å²) in [6, 6.07) is 14.7. The third-order valence-electron chi connectivity index (χ3n) is 5.63. The zero-order valence-corrected chi connectivity index (χ0v) is 19.9. The van der Waals surface area contributed by atoms with E-state index in [0.717, 1.165) is 0 Å². The van der Waals surface area contributed by atoms with Crippen molar-refractivity contribution in [1.82, 2.24) is 19.6 Å². The molecule has 35 heavy (non-hydrogen) atoms. The van der Waals surface area contributed by atoms with E-state index in [-0.39, 0.29) is 30.6 Å². The van der Waals surface area contributed by atoms with Crippen molar-refractivity contribution in [3.63, 3.8) is 0 Å². The lowest BCUT2D eigenvalue weighted by Crippen LogP contribution is -2.45. The van der Waals surface area contributed by atoms with Crippen molar-refractivity contribution in [2.45, 2.75) is 19.3 Å². The van der Waals surface area contributed by atoms with E-state index in [1.165, 1.54) is 29.0 Å². The van der Waals surface area contributed by atoms with Crippen molar-refractivity contribution in [1.29, 1.82) is 5.26 Å². The number of halogens is 1. The first-order valence-corrected chi connectivity index (χ1v) is 11.0. The van der Waals surface area contributed by atoms with E-state index < -0.39 is 6.35 Å². The van der Waals surface area contributed by atoms with Crippen molar-refractivity contribution in [3.05, 3.63) is 77.0 Å². The van der Waals surface area contributed by atoms with Crippen LogP contribution in [-0.4, -0.2) is 77.7 Å². The highest BCUT2D eigenvalue weighted by Gasteiger charge is 2.43. The van der Waals surface area contributed by atoms with E-state index >= 15 is 0 Å². The molecular weight excluding hydrogens is 453 g/mol. The fourth-order valence-electron chi connectivity index (χ4n) is 3.86. The van der Waals surface area contributed by atoms with Gasteiger partial charge in [0, 0.05) is 40.8 Å². The number of hydrogen-bond acceptors (Lipinski definition) is 7. The Morgan fingerprint density at radius 1 is 1.23 bits per heavy atom. The Hall–Kier alpha value is -4.10. The van der Waals surface area contributed by atoms with Gasteiger partial charge < -0.3 is 29.4 Å². The van der Waals surface area contributed by atoms with Gasteiger partial charge in [-0.3, -0.25) is 9.59 Å². The van der Waals surface area contributed by atoms with Crippen LogP contribution < -0.4 is 4.74 Å². The zero-order chi connectivity index (χ0) is 25.5. The van der Waals surface area contributed by atoms with E-state index in [0.29, 0.717) is 42.1 Å². The fraction of sp³-hybridized carbons (Fsp3) is 0.320. The molecule has 10 heteroatoms. The molecule has 2 aromatic carbocycles. The number of aliphatic hydroxyl groups excluding tert-OH is 1. The number of likely N-dealkylation sites (N-methyl/N-ethyl adjacent to an activating group) is 1. The number of carbonyl (C=O) groups excluding carboxylic acids is 2. The molecule has 1 atom stereocenters. The Kier molecular flexibility index (Phi) is 8.28. The molecule has 1 N–H and O–H groups in total. The smallest absolute Gasteiger partial charge is 0.273 e. The van der Waals surface area contributed by atoms with E-state index in [1.807, 2.05) is 0 Å². The van der Waals surface area contributed by atoms with Gasteiger partial charge in [-0.05, 0) is 36.2 Å². The van der Waals surface area contributed by atoms with Crippen LogP contribution in [0.4, 0.5) is 4.39 Å². The molecule has 0 aromatic heterocycles. The van der Waals surface area contributed by atoms with Crippen LogP contribution >= 0.6 is 0 Å². The van der Waals surface area contributed by atoms with Gasteiger partial charge in [0.15, 0.2) is 0 Å². The van der Waals surface area contributed by atoms with Crippen LogP contribution in [0.25, 0.3) is 0 Å². The van der Waals surface area contributed by atoms with E-state index in [2.05, 4.69) is 6.07 Å². The number of aliphatic hydroxyl groups is 1. The van der Waals surface area contributed by atoms with Gasteiger partial charge in [-0.2, -0.15) is 5.26 Å². The number of carbonyl (C=O) groups is 2. The Balaban J connectivity index is 2.10. The second-order valence-corrected chi connectivity index (χ2v) is 8.11. The molecule has 0 fully saturated rings. The van der Waals surface area contributed by atoms with Crippen molar-refractivity contribution < 1.29 is 23.8 Å². The summed E-state index contributed by atoms with van der Waals surface area (Å²) in [5.74, 6) is -0.149. The highest BCUT2D eigenvalue weighted by atomic mass is 19.1. The van der Waals surface area contributed by atoms with Crippen molar-refractivity contribution in [2.75, 3.05) is 34.3 Å². The lowest BCUT2D eigenvalue weighted by Gasteiger charge is -2.33. The van der Waals surface area contributed by atoms with Gasteiger partial charge in [0.05, 0.1) is 5.56 Å². The first-order valence-electron chi connectivity index (χ1n) is 11.0. The largest absolute Gasteiger partial charge is 0.451 e. The molecule has 1 aliphatic rings. The van der Waals surface area contributed by atoms with Gasteiger partial charge >= 0.3 is 0 Å². The Bertz CT molecular complexity index is 1130. The highest BCUT2D eigenvalue weighted by molar-refractivity contribution is 5.94. The number of para-hydroxylation sites is 1. The standard InChI is InChI=1S/C25H28FN5O4/c1-28(13-6-14-32)24(34)22-23(29(2)17-33)30(3)25(35-21-8-5-4-7-19(21)15-27)31(22)16-18-9-11-20(26)12-10-18/h4-5,7-12,17,25,32H,6,13-14,16H2,1-3H3. The number of ether oxygens (including phenoxy) is 1. The zero-order valence-electron chi connectivity index (χ0n) is 19.9. The van der Waals surface area contributed by atoms with Gasteiger partial charge in [0.1, 0.15) is 29.2 Å². The van der Waals surface area contributed by atoms with Crippen LogP contribution in [0.15, 0.2) is 60.0 Å². The number of rotatable bonds is 10. The number of nitrogens with zero attached hydrogens (tertiary/aromatic N) is 5. The molecule has 9 nitrogen and oxygen atoms in total. The minimum absolute atomic E-state index is 0.0758. The van der Waals surface area contributed by atoms with Gasteiger partial charge in [-0.15, -0.1) is 0 Å². The molecule has 0 spiro atoms. The molecule has 0 saturated heterocycles. The quantitative estimate of drug-likeness (QED) is 0.518. The number of nitriles is 1. The summed E-state index contributed by atoms with van der Waals surface area (Å²) in [6.07, 6.45) is 0.0868. The van der Waals surface area contributed by atoms with Gasteiger partial charge in [0.25, 0.3) is 12.3 Å². The second-order valence-electron chi connectivity index (χ2n) is 8.11. The SMILES string of the molecule is CN(C=O)C1=C(C(=O)N(C)CCCO)N(Cc2ccc(F)cc2)C(Oc2ccccc2C#N)N1C. The van der Waals surface area contributed by atoms with E-state index in [1.54, 1.807) is 60.3 Å². The normalized spacial score (nSPS) is 15.1. The third-order valence-corrected chi connectivity index (χ3v) is 5.63. The fourth-order valence-corrected chi connectivity index (χ4v) is 3.86. The molecule has 1 heterocycles. The van der Waals surface area contributed by atoms with Gasteiger partial charge in [0.2, 0.25) is 6.41 Å². The molecule has 1 aliphatic heterocycles. The summed E-state index contributed by atoms with van der Waals surface area (Å²) in [6.45, 7) is 0.385. The minimum Gasteiger partial charge on any atom is -0.451 e. The molecule has 3 rings (SSSR count). The molecule has 1 unspecified atom stereocenters. The third kappa shape index (κ3) is 5.53. The van der Waals surface area contributed by atoms with Crippen LogP contribution in [0.2, 0.25) is 0 Å². The number of hydrogen-bond donors (Lipinski definition) is 1. The molecule has 0 saturated carbocycles. The Morgan fingerprint density at radius 3 is 2.54 bits per heavy atom. The van der Waals surface area contributed by atoms with Crippen LogP contribution in [0.1, 0.15) is 17.5 Å². The van der Waals surface area contributed by atoms with Gasteiger partial charge in [-0.25, -0.2) is 4.39 Å². The van der Waals surface area contributed by atoms with E-state index in [9.17, 15) is 24.3 Å². The van der Waals surface area contributed by atoms with Crippen LogP contribution in [0.5, 0.6) is 5.75 Å². The molecule has 0 aliphatic carbocycles. The molecule has 2 amide bonds. The van der Waals surface area contributed by atoms with Crippen molar-refractivity contribution in [3.8, 4) is 11.8 Å². The van der Waals surface area contributed by atoms with Gasteiger partial charge in [-0.1, -0.05) is 24.3 Å². The topological polar surface area (TPSA) is 100 Å². The summed E-state index contributed by atoms with van der Waals surface area (Å²) >= 11 is 0. The maximum atomic E-state index is 13.6. The lowest BCUT2D eigenvalue weighted by atomic mass is 10.2. The predicted octanol–water partition coefficient (Wildman–Crippen LogP) is 1.91. The maximum absolute atomic E-state index is 13.6. The first kappa shape index (κ1) is 25.5. The van der Waals surface area contributed by atoms with E-state index in [4.69, 9.17) is 4.74 Å². The Labute approximate surface area is 203 Å². The minimum atomic E-state index is -0.892. The molecule has 0 bridgehead atoms. The molecule has 2 aromatic rings. The summed E-state index contributed by atoms with van der Waals surface area (Å²) in [5.41, 5.74) is 1.22. The number of amides is 2. The molecule has 184 valence electrons. The summed E-state index contributed by atoms with van der Waals surface area (Å²) < 4.78 is 19.8. The summed E-state index contributed by atoms with van der Waals surface area (Å²) in [4.78, 5) is 31.4. The Morgan fingerprint density at radius 2 is 1.91 bits per heavy atom. The highest BCUT2D eigenvalue weighted by Crippen LogP contribution is 2.34. The summed E-state index contributed by atoms with van der Waals surface area (Å²) in [5, 5.41) is 18.7. The second kappa shape index (κ2) is 11.4. The average molecular weight is 482 g/mol. The van der Waals surface area contributed by atoms with Crippen molar-refractivity contribution in [2.24, 2.45) is 0 Å². The first-order chi connectivity index (χ1) is 16.8. The van der Waals surface area contributed by atoms with Crippen molar-refractivity contribution >= 4 is 12.3 Å². The molecule has 0 radical (unpaired) electrons. The van der Waals surface area contributed by atoms with Crippen LogP contribution in [-0.2, 0) is 16.1 Å². The predicted molar refractivity (Wildman–Crippen MR) is 125 cm³/mol. The monoisotopic (exact) mass is 481 g/mol. The number of benzene rings is 2. The average Bonchev–Trinajstić information content (AvgIpc) is 3.14. The summed E-state index contributed by atoms with van der Waals surface area (Å²) in [7, 11) is 4.82. The van der Waals surface area contributed by atoms with Crippen LogP contribution in [0, 0.1) is 17.1 Å². The maximum Gasteiger partial charge on any atom is 0.273 e. The lowest BCUT2D eigenvalue weighted by molar-refractivity contribution is -0.129. The van der Waals surface area contributed by atoms with Crippen LogP contribution in [0.3, 0.4) is 0 Å². The molecular formula is C25H28FN5O4.